The summed E-state index contributed by atoms with van der Waals surface area (Å²) in [5, 5.41) is 11.7. The van der Waals surface area contributed by atoms with Crippen molar-refractivity contribution in [2.45, 2.75) is 32.2 Å². The molecular formula is C25H23Cl2N3O5. The molecule has 1 atom stereocenters. The third-order valence-corrected chi connectivity index (χ3v) is 6.34. The molecule has 3 aromatic heterocycles. The van der Waals surface area contributed by atoms with Crippen LogP contribution in [-0.2, 0) is 22.5 Å². The number of methoxy groups -OCH3 is 1. The highest BCUT2D eigenvalue weighted by Gasteiger charge is 2.29. The quantitative estimate of drug-likeness (QED) is 0.316. The Balaban J connectivity index is 1.77. The lowest BCUT2D eigenvalue weighted by molar-refractivity contribution is -0.140. The van der Waals surface area contributed by atoms with Crippen LogP contribution in [0.4, 0.5) is 0 Å². The number of hydrogen-bond donors (Lipinski definition) is 2. The molecule has 182 valence electrons. The van der Waals surface area contributed by atoms with Crippen molar-refractivity contribution in [2.75, 3.05) is 7.11 Å². The Morgan fingerprint density at radius 3 is 2.74 bits per heavy atom. The molecular weight excluding hydrogens is 493 g/mol. The van der Waals surface area contributed by atoms with Gasteiger partial charge in [0.1, 0.15) is 17.3 Å². The molecule has 0 radical (unpaired) electrons. The summed E-state index contributed by atoms with van der Waals surface area (Å²) in [6, 6.07) is 9.85. The van der Waals surface area contributed by atoms with E-state index in [-0.39, 0.29) is 17.7 Å². The number of H-pyrrole nitrogens is 1. The zero-order valence-electron chi connectivity index (χ0n) is 19.0. The van der Waals surface area contributed by atoms with Gasteiger partial charge in [0.2, 0.25) is 0 Å². The van der Waals surface area contributed by atoms with Gasteiger partial charge in [0.05, 0.1) is 36.4 Å². The lowest BCUT2D eigenvalue weighted by Gasteiger charge is -2.18. The molecule has 0 spiro atoms. The van der Waals surface area contributed by atoms with Gasteiger partial charge in [-0.05, 0) is 43.3 Å². The van der Waals surface area contributed by atoms with Gasteiger partial charge in [-0.1, -0.05) is 23.2 Å². The van der Waals surface area contributed by atoms with Crippen LogP contribution < -0.4 is 5.56 Å². The Bertz CT molecular complexity index is 1410. The van der Waals surface area contributed by atoms with Crippen LogP contribution in [0.2, 0.25) is 10.0 Å². The molecule has 0 saturated carbocycles. The molecule has 1 aromatic carbocycles. The van der Waals surface area contributed by atoms with Crippen LogP contribution in [0.3, 0.4) is 0 Å². The Kier molecular flexibility index (Phi) is 7.33. The van der Waals surface area contributed by atoms with Crippen LogP contribution in [-0.4, -0.2) is 32.7 Å². The summed E-state index contributed by atoms with van der Waals surface area (Å²) in [4.78, 5) is 32.9. The lowest BCUT2D eigenvalue weighted by atomic mass is 9.93. The van der Waals surface area contributed by atoms with Crippen molar-refractivity contribution < 1.29 is 19.1 Å². The largest absolute Gasteiger partial charge is 0.507 e. The summed E-state index contributed by atoms with van der Waals surface area (Å²) in [6.07, 6.45) is 3.59. The third-order valence-electron chi connectivity index (χ3n) is 5.80. The number of carbonyl (C=O) groups is 1. The van der Waals surface area contributed by atoms with Crippen LogP contribution in [0.5, 0.6) is 5.75 Å². The van der Waals surface area contributed by atoms with Gasteiger partial charge in [-0.25, -0.2) is 4.98 Å². The standard InChI is InChI=1S/C25H23Cl2N3O5/c1-14-9-20(31)24(25(33)30(14)8-7-16-12-28-13-29-16)18(11-23(32)34-2)22-6-5-21(35-22)17-4-3-15(26)10-19(17)27/h3-6,9-10,12-13,18,31H,7-8,11H2,1-2H3,(H,28,29). The molecule has 10 heteroatoms. The number of pyridine rings is 1. The van der Waals surface area contributed by atoms with Crippen molar-refractivity contribution in [1.29, 1.82) is 0 Å². The average Bonchev–Trinajstić information content (AvgIpc) is 3.50. The first kappa shape index (κ1) is 24.6. The molecule has 0 amide bonds. The van der Waals surface area contributed by atoms with Gasteiger partial charge in [-0.2, -0.15) is 0 Å². The van der Waals surface area contributed by atoms with Crippen LogP contribution in [0, 0.1) is 6.92 Å². The van der Waals surface area contributed by atoms with Crippen molar-refractivity contribution in [3.05, 3.63) is 92.0 Å². The number of rotatable bonds is 8. The number of carbonyl (C=O) groups excluding carboxylic acids is 1. The number of benzene rings is 1. The Hall–Kier alpha value is -3.49. The number of halogens is 2. The minimum Gasteiger partial charge on any atom is -0.507 e. The Labute approximate surface area is 211 Å². The number of aromatic nitrogens is 3. The van der Waals surface area contributed by atoms with E-state index in [1.807, 2.05) is 0 Å². The molecule has 4 aromatic rings. The highest BCUT2D eigenvalue weighted by Crippen LogP contribution is 2.37. The number of aromatic hydroxyl groups is 1. The van der Waals surface area contributed by atoms with Crippen LogP contribution in [0.1, 0.15) is 35.1 Å². The second kappa shape index (κ2) is 10.4. The molecule has 0 bridgehead atoms. The van der Waals surface area contributed by atoms with E-state index in [0.717, 1.165) is 5.69 Å². The van der Waals surface area contributed by atoms with Crippen molar-refractivity contribution in [2.24, 2.45) is 0 Å². The summed E-state index contributed by atoms with van der Waals surface area (Å²) >= 11 is 12.3. The fourth-order valence-electron chi connectivity index (χ4n) is 4.00. The molecule has 0 saturated heterocycles. The SMILES string of the molecule is COC(=O)CC(c1ccc(-c2ccc(Cl)cc2Cl)o1)c1c(O)cc(C)n(CCc2cnc[nH]2)c1=O. The summed E-state index contributed by atoms with van der Waals surface area (Å²) in [6.45, 7) is 2.09. The molecule has 2 N–H and O–H groups in total. The van der Waals surface area contributed by atoms with Crippen LogP contribution in [0.15, 0.2) is 58.1 Å². The topological polar surface area (TPSA) is 110 Å². The highest BCUT2D eigenvalue weighted by molar-refractivity contribution is 6.36. The molecule has 4 rings (SSSR count). The van der Waals surface area contributed by atoms with Crippen molar-refractivity contribution in [3.63, 3.8) is 0 Å². The minimum absolute atomic E-state index is 0.0497. The minimum atomic E-state index is -0.881. The maximum atomic E-state index is 13.6. The summed E-state index contributed by atoms with van der Waals surface area (Å²) in [5.41, 5.74) is 1.68. The van der Waals surface area contributed by atoms with Gasteiger partial charge in [0.15, 0.2) is 0 Å². The fraction of sp³-hybridized carbons (Fsp3) is 0.240. The summed E-state index contributed by atoms with van der Waals surface area (Å²) < 4.78 is 12.5. The first-order valence-electron chi connectivity index (χ1n) is 10.8. The van der Waals surface area contributed by atoms with E-state index in [1.54, 1.807) is 54.3 Å². The summed E-state index contributed by atoms with van der Waals surface area (Å²) in [5.74, 6) is -0.910. The number of nitrogens with one attached hydrogen (secondary N) is 1. The number of hydrogen-bond acceptors (Lipinski definition) is 6. The van der Waals surface area contributed by atoms with Gasteiger partial charge in [0.25, 0.3) is 5.56 Å². The first-order valence-corrected chi connectivity index (χ1v) is 11.6. The number of esters is 1. The van der Waals surface area contributed by atoms with Crippen molar-refractivity contribution in [3.8, 4) is 17.1 Å². The van der Waals surface area contributed by atoms with Crippen LogP contribution >= 0.6 is 23.2 Å². The van der Waals surface area contributed by atoms with E-state index in [4.69, 9.17) is 32.4 Å². The number of ether oxygens (including phenoxy) is 1. The Morgan fingerprint density at radius 1 is 1.26 bits per heavy atom. The molecule has 1 unspecified atom stereocenters. The predicted octanol–water partition coefficient (Wildman–Crippen LogP) is 5.09. The second-order valence-electron chi connectivity index (χ2n) is 8.03. The Morgan fingerprint density at radius 2 is 2.06 bits per heavy atom. The fourth-order valence-corrected chi connectivity index (χ4v) is 4.50. The molecule has 0 aliphatic heterocycles. The second-order valence-corrected chi connectivity index (χ2v) is 8.87. The molecule has 0 fully saturated rings. The van der Waals surface area contributed by atoms with E-state index < -0.39 is 17.4 Å². The number of aromatic amines is 1. The van der Waals surface area contributed by atoms with Gasteiger partial charge >= 0.3 is 5.97 Å². The number of nitrogens with zero attached hydrogens (tertiary/aromatic N) is 2. The lowest BCUT2D eigenvalue weighted by Crippen LogP contribution is -2.29. The zero-order chi connectivity index (χ0) is 25.1. The van der Waals surface area contributed by atoms with E-state index in [2.05, 4.69) is 9.97 Å². The van der Waals surface area contributed by atoms with Gasteiger partial charge in [-0.3, -0.25) is 9.59 Å². The van der Waals surface area contributed by atoms with E-state index in [0.29, 0.717) is 45.8 Å². The normalized spacial score (nSPS) is 12.0. The van der Waals surface area contributed by atoms with Crippen molar-refractivity contribution in [1.82, 2.24) is 14.5 Å². The van der Waals surface area contributed by atoms with Gasteiger partial charge in [-0.15, -0.1) is 0 Å². The number of aryl methyl sites for hydroxylation is 2. The molecule has 3 heterocycles. The highest BCUT2D eigenvalue weighted by atomic mass is 35.5. The first-order chi connectivity index (χ1) is 16.8. The maximum absolute atomic E-state index is 13.6. The van der Waals surface area contributed by atoms with Gasteiger partial charge < -0.3 is 23.8 Å². The van der Waals surface area contributed by atoms with E-state index in [1.165, 1.54) is 13.2 Å². The van der Waals surface area contributed by atoms with E-state index >= 15 is 0 Å². The smallest absolute Gasteiger partial charge is 0.306 e. The predicted molar refractivity (Wildman–Crippen MR) is 132 cm³/mol. The molecule has 0 aliphatic rings. The summed E-state index contributed by atoms with van der Waals surface area (Å²) in [7, 11) is 1.26. The van der Waals surface area contributed by atoms with Crippen molar-refractivity contribution >= 4 is 29.2 Å². The molecule has 35 heavy (non-hydrogen) atoms. The zero-order valence-corrected chi connectivity index (χ0v) is 20.6. The molecule has 8 nitrogen and oxygen atoms in total. The van der Waals surface area contributed by atoms with E-state index in [9.17, 15) is 14.7 Å². The average molecular weight is 516 g/mol. The third kappa shape index (κ3) is 5.28. The van der Waals surface area contributed by atoms with Gasteiger partial charge in [0, 0.05) is 41.1 Å². The number of imidazole rings is 1. The molecule has 0 aliphatic carbocycles. The maximum Gasteiger partial charge on any atom is 0.306 e. The van der Waals surface area contributed by atoms with Crippen LogP contribution in [0.25, 0.3) is 11.3 Å². The number of furan rings is 1. The monoisotopic (exact) mass is 515 g/mol.